The Balaban J connectivity index is 2.00. The second-order valence-corrected chi connectivity index (χ2v) is 3.26. The zero-order valence-corrected chi connectivity index (χ0v) is 7.53. The average molecular weight is 165 g/mol. The molecule has 2 heterocycles. The molecule has 0 aromatic carbocycles. The first-order valence-electron chi connectivity index (χ1n) is 4.62. The molecule has 0 radical (unpaired) electrons. The van der Waals surface area contributed by atoms with Gasteiger partial charge in [-0.2, -0.15) is 0 Å². The zero-order valence-electron chi connectivity index (χ0n) is 7.53. The summed E-state index contributed by atoms with van der Waals surface area (Å²) in [6, 6.07) is 0. The van der Waals surface area contributed by atoms with E-state index in [9.17, 15) is 0 Å². The molecule has 0 aliphatic carbocycles. The number of hydrogen-bond donors (Lipinski definition) is 0. The second kappa shape index (κ2) is 3.27. The van der Waals surface area contributed by atoms with Gasteiger partial charge in [0, 0.05) is 18.9 Å². The van der Waals surface area contributed by atoms with Crippen molar-refractivity contribution in [3.63, 3.8) is 0 Å². The van der Waals surface area contributed by atoms with Crippen molar-refractivity contribution in [2.45, 2.75) is 26.4 Å². The molecule has 1 aromatic heterocycles. The maximum absolute atomic E-state index is 4.33. The number of hydrogen-bond acceptors (Lipinski definition) is 2. The van der Waals surface area contributed by atoms with E-state index >= 15 is 0 Å². The van der Waals surface area contributed by atoms with Gasteiger partial charge in [-0.25, -0.2) is 4.98 Å². The number of aryl methyl sites for hydroxylation is 1. The van der Waals surface area contributed by atoms with E-state index in [2.05, 4.69) is 27.6 Å². The Kier molecular flexibility index (Phi) is 2.13. The number of imidazole rings is 1. The van der Waals surface area contributed by atoms with Crippen molar-refractivity contribution in [1.29, 1.82) is 0 Å². The average Bonchev–Trinajstić information content (AvgIpc) is 2.43. The molecule has 1 aliphatic rings. The highest BCUT2D eigenvalue weighted by Crippen LogP contribution is 2.10. The fourth-order valence-corrected chi connectivity index (χ4v) is 1.52. The topological polar surface area (TPSA) is 21.1 Å². The molecular weight excluding hydrogens is 150 g/mol. The van der Waals surface area contributed by atoms with Crippen LogP contribution in [0.15, 0.2) is 12.4 Å². The summed E-state index contributed by atoms with van der Waals surface area (Å²) in [7, 11) is 0. The monoisotopic (exact) mass is 165 g/mol. The smallest absolute Gasteiger partial charge is 0.122 e. The third-order valence-electron chi connectivity index (χ3n) is 2.46. The van der Waals surface area contributed by atoms with Crippen LogP contribution < -0.4 is 0 Å². The second-order valence-electron chi connectivity index (χ2n) is 3.26. The van der Waals surface area contributed by atoms with Gasteiger partial charge in [0.15, 0.2) is 0 Å². The highest BCUT2D eigenvalue weighted by atomic mass is 15.2. The lowest BCUT2D eigenvalue weighted by molar-refractivity contribution is 0.166. The summed E-state index contributed by atoms with van der Waals surface area (Å²) in [6.07, 6.45) is 5.29. The third kappa shape index (κ3) is 1.37. The maximum Gasteiger partial charge on any atom is 0.122 e. The van der Waals surface area contributed by atoms with Crippen molar-refractivity contribution in [3.8, 4) is 0 Å². The van der Waals surface area contributed by atoms with Gasteiger partial charge in [0.1, 0.15) is 5.82 Å². The molecule has 0 bridgehead atoms. The van der Waals surface area contributed by atoms with Gasteiger partial charge in [0.25, 0.3) is 0 Å². The van der Waals surface area contributed by atoms with Crippen LogP contribution in [0.25, 0.3) is 0 Å². The molecule has 1 aromatic rings. The fourth-order valence-electron chi connectivity index (χ4n) is 1.52. The Morgan fingerprint density at radius 3 is 2.92 bits per heavy atom. The van der Waals surface area contributed by atoms with E-state index in [1.54, 1.807) is 0 Å². The van der Waals surface area contributed by atoms with Crippen LogP contribution in [0.5, 0.6) is 0 Å². The van der Waals surface area contributed by atoms with E-state index < -0.39 is 0 Å². The Morgan fingerprint density at radius 1 is 1.50 bits per heavy atom. The van der Waals surface area contributed by atoms with E-state index in [4.69, 9.17) is 0 Å². The quantitative estimate of drug-likeness (QED) is 0.669. The maximum atomic E-state index is 4.33. The Hall–Kier alpha value is -0.830. The molecule has 2 rings (SSSR count). The van der Waals surface area contributed by atoms with Crippen LogP contribution in [0, 0.1) is 0 Å². The summed E-state index contributed by atoms with van der Waals surface area (Å²) < 4.78 is 2.21. The van der Waals surface area contributed by atoms with Gasteiger partial charge >= 0.3 is 0 Å². The van der Waals surface area contributed by atoms with Gasteiger partial charge in [-0.15, -0.1) is 0 Å². The van der Waals surface area contributed by atoms with Gasteiger partial charge in [0.05, 0.1) is 6.54 Å². The van der Waals surface area contributed by atoms with Crippen LogP contribution in [0.3, 0.4) is 0 Å². The Morgan fingerprint density at radius 2 is 2.33 bits per heavy atom. The molecule has 1 fully saturated rings. The minimum Gasteiger partial charge on any atom is -0.334 e. The van der Waals surface area contributed by atoms with Crippen molar-refractivity contribution in [1.82, 2.24) is 14.5 Å². The molecule has 0 amide bonds. The Labute approximate surface area is 73.0 Å². The van der Waals surface area contributed by atoms with Gasteiger partial charge < -0.3 is 4.57 Å². The van der Waals surface area contributed by atoms with Crippen molar-refractivity contribution < 1.29 is 0 Å². The zero-order chi connectivity index (χ0) is 8.39. The largest absolute Gasteiger partial charge is 0.334 e. The first kappa shape index (κ1) is 7.80. The van der Waals surface area contributed by atoms with Crippen molar-refractivity contribution >= 4 is 0 Å². The molecule has 3 heteroatoms. The molecular formula is C9H15N3. The van der Waals surface area contributed by atoms with Crippen molar-refractivity contribution in [2.24, 2.45) is 0 Å². The summed E-state index contributed by atoms with van der Waals surface area (Å²) in [5.74, 6) is 1.21. The number of aromatic nitrogens is 2. The molecule has 12 heavy (non-hydrogen) atoms. The minimum atomic E-state index is 1.03. The first-order valence-corrected chi connectivity index (χ1v) is 4.62. The van der Waals surface area contributed by atoms with E-state index in [1.807, 2.05) is 6.20 Å². The summed E-state index contributed by atoms with van der Waals surface area (Å²) >= 11 is 0. The first-order chi connectivity index (χ1) is 5.90. The summed E-state index contributed by atoms with van der Waals surface area (Å²) in [5, 5.41) is 0. The Bertz CT molecular complexity index is 250. The molecule has 0 atom stereocenters. The van der Waals surface area contributed by atoms with E-state index in [1.165, 1.54) is 25.3 Å². The SMILES string of the molecule is CCn1ccnc1CN1CCC1. The molecule has 0 saturated carbocycles. The number of nitrogens with zero attached hydrogens (tertiary/aromatic N) is 3. The molecule has 0 spiro atoms. The molecule has 1 aliphatic heterocycles. The fraction of sp³-hybridized carbons (Fsp3) is 0.667. The van der Waals surface area contributed by atoms with Crippen molar-refractivity contribution in [2.75, 3.05) is 13.1 Å². The normalized spacial score (nSPS) is 17.8. The van der Waals surface area contributed by atoms with Gasteiger partial charge in [0.2, 0.25) is 0 Å². The molecule has 0 N–H and O–H groups in total. The van der Waals surface area contributed by atoms with E-state index in [0.29, 0.717) is 0 Å². The van der Waals surface area contributed by atoms with Gasteiger partial charge in [-0.1, -0.05) is 0 Å². The van der Waals surface area contributed by atoms with Crippen molar-refractivity contribution in [3.05, 3.63) is 18.2 Å². The van der Waals surface area contributed by atoms with E-state index in [-0.39, 0.29) is 0 Å². The lowest BCUT2D eigenvalue weighted by Gasteiger charge is -2.30. The highest BCUT2D eigenvalue weighted by molar-refractivity contribution is 4.93. The number of likely N-dealkylation sites (tertiary alicyclic amines) is 1. The van der Waals surface area contributed by atoms with Crippen LogP contribution in [-0.2, 0) is 13.1 Å². The number of rotatable bonds is 3. The minimum absolute atomic E-state index is 1.03. The highest BCUT2D eigenvalue weighted by Gasteiger charge is 2.15. The van der Waals surface area contributed by atoms with Crippen LogP contribution in [0.4, 0.5) is 0 Å². The van der Waals surface area contributed by atoms with Crippen LogP contribution in [0.2, 0.25) is 0 Å². The predicted octanol–water partition coefficient (Wildman–Crippen LogP) is 1.11. The van der Waals surface area contributed by atoms with Gasteiger partial charge in [-0.3, -0.25) is 4.90 Å². The summed E-state index contributed by atoms with van der Waals surface area (Å²) in [4.78, 5) is 6.76. The third-order valence-corrected chi connectivity index (χ3v) is 2.46. The lowest BCUT2D eigenvalue weighted by atomic mass is 10.2. The molecule has 66 valence electrons. The molecule has 1 saturated heterocycles. The molecule has 0 unspecified atom stereocenters. The standard InChI is InChI=1S/C9H15N3/c1-2-12-7-4-10-9(12)8-11-5-3-6-11/h4,7H,2-3,5-6,8H2,1H3. The summed E-state index contributed by atoms with van der Waals surface area (Å²) in [5.41, 5.74) is 0. The van der Waals surface area contributed by atoms with Crippen LogP contribution >= 0.6 is 0 Å². The van der Waals surface area contributed by atoms with Crippen LogP contribution in [0.1, 0.15) is 19.2 Å². The predicted molar refractivity (Wildman–Crippen MR) is 47.8 cm³/mol. The lowest BCUT2D eigenvalue weighted by Crippen LogP contribution is -2.37. The van der Waals surface area contributed by atoms with Crippen LogP contribution in [-0.4, -0.2) is 27.5 Å². The summed E-state index contributed by atoms with van der Waals surface area (Å²) in [6.45, 7) is 6.71. The van der Waals surface area contributed by atoms with Gasteiger partial charge in [-0.05, 0) is 26.4 Å². The van der Waals surface area contributed by atoms with E-state index in [0.717, 1.165) is 13.1 Å². The molecule has 3 nitrogen and oxygen atoms in total.